The van der Waals surface area contributed by atoms with Gasteiger partial charge in [-0.15, -0.1) is 0 Å². The molecule has 0 unspecified atom stereocenters. The zero-order valence-corrected chi connectivity index (χ0v) is 10.8. The van der Waals surface area contributed by atoms with Crippen molar-refractivity contribution in [2.75, 3.05) is 7.11 Å². The van der Waals surface area contributed by atoms with Gasteiger partial charge < -0.3 is 4.74 Å². The number of carbonyl (C=O) groups excluding carboxylic acids is 1. The Morgan fingerprint density at radius 2 is 2.16 bits per heavy atom. The minimum atomic E-state index is -0.553. The molecule has 1 heterocycles. The molecule has 0 N–H and O–H groups in total. The van der Waals surface area contributed by atoms with Gasteiger partial charge in [-0.05, 0) is 36.2 Å². The van der Waals surface area contributed by atoms with Crippen molar-refractivity contribution in [2.24, 2.45) is 0 Å². The number of pyridine rings is 1. The summed E-state index contributed by atoms with van der Waals surface area (Å²) in [5.41, 5.74) is 1.49. The van der Waals surface area contributed by atoms with Gasteiger partial charge in [0.1, 0.15) is 5.69 Å². The molecule has 0 aliphatic rings. The van der Waals surface area contributed by atoms with Gasteiger partial charge in [-0.2, -0.15) is 0 Å². The maximum atomic E-state index is 13.6. The maximum absolute atomic E-state index is 13.6. The number of hydrogen-bond acceptors (Lipinski definition) is 3. The fourth-order valence-corrected chi connectivity index (χ4v) is 1.87. The van der Waals surface area contributed by atoms with Crippen molar-refractivity contribution < 1.29 is 13.9 Å². The summed E-state index contributed by atoms with van der Waals surface area (Å²) in [7, 11) is 1.38. The molecule has 98 valence electrons. The number of rotatable bonds is 4. The Labute approximate surface area is 111 Å². The van der Waals surface area contributed by atoms with Gasteiger partial charge in [0.05, 0.1) is 7.11 Å². The van der Waals surface area contributed by atoms with E-state index in [1.165, 1.54) is 19.2 Å². The first-order valence-corrected chi connectivity index (χ1v) is 5.99. The molecule has 0 fully saturated rings. The highest BCUT2D eigenvalue weighted by molar-refractivity contribution is 6.08. The van der Waals surface area contributed by atoms with Crippen LogP contribution in [-0.4, -0.2) is 17.9 Å². The first kappa shape index (κ1) is 13.2. The molecule has 0 aliphatic heterocycles. The molecular weight excluding hydrogens is 245 g/mol. The summed E-state index contributed by atoms with van der Waals surface area (Å²) >= 11 is 0. The number of methoxy groups -OCH3 is 1. The highest BCUT2D eigenvalue weighted by atomic mass is 19.1. The monoisotopic (exact) mass is 259 g/mol. The van der Waals surface area contributed by atoms with Crippen molar-refractivity contribution in [3.63, 3.8) is 0 Å². The van der Waals surface area contributed by atoms with Crippen LogP contribution in [0.2, 0.25) is 0 Å². The molecule has 1 aromatic heterocycles. The Morgan fingerprint density at radius 1 is 1.37 bits per heavy atom. The Bertz CT molecular complexity index is 611. The Kier molecular flexibility index (Phi) is 3.90. The number of ether oxygens (including phenoxy) is 1. The van der Waals surface area contributed by atoms with Crippen LogP contribution < -0.4 is 4.74 Å². The van der Waals surface area contributed by atoms with Crippen molar-refractivity contribution in [3.05, 3.63) is 59.2 Å². The van der Waals surface area contributed by atoms with E-state index < -0.39 is 5.82 Å². The van der Waals surface area contributed by atoms with E-state index in [0.717, 1.165) is 5.56 Å². The predicted octanol–water partition coefficient (Wildman–Crippen LogP) is 3.02. The summed E-state index contributed by atoms with van der Waals surface area (Å²) in [5, 5.41) is 0. The molecule has 1 aromatic carbocycles. The molecule has 3 nitrogen and oxygen atoms in total. The van der Waals surface area contributed by atoms with E-state index in [1.807, 2.05) is 13.0 Å². The fraction of sp³-hybridized carbons (Fsp3) is 0.200. The third-order valence-electron chi connectivity index (χ3n) is 2.90. The molecule has 0 radical (unpaired) electrons. The van der Waals surface area contributed by atoms with Crippen LogP contribution in [0.25, 0.3) is 0 Å². The molecule has 0 saturated carbocycles. The van der Waals surface area contributed by atoms with Crippen LogP contribution in [0.1, 0.15) is 28.5 Å². The van der Waals surface area contributed by atoms with Crippen molar-refractivity contribution in [2.45, 2.75) is 13.3 Å². The second-order valence-electron chi connectivity index (χ2n) is 4.04. The van der Waals surface area contributed by atoms with Gasteiger partial charge in [-0.1, -0.05) is 13.0 Å². The molecule has 0 spiro atoms. The van der Waals surface area contributed by atoms with Gasteiger partial charge in [-0.3, -0.25) is 9.78 Å². The summed E-state index contributed by atoms with van der Waals surface area (Å²) in [5.74, 6) is -0.713. The predicted molar refractivity (Wildman–Crippen MR) is 70.0 cm³/mol. The van der Waals surface area contributed by atoms with E-state index in [9.17, 15) is 9.18 Å². The lowest BCUT2D eigenvalue weighted by Gasteiger charge is -2.07. The SMILES string of the molecule is CCc1cccnc1C(=O)c1ccc(OC)c(F)c1. The Morgan fingerprint density at radius 3 is 2.79 bits per heavy atom. The van der Waals surface area contributed by atoms with Gasteiger partial charge in [-0.25, -0.2) is 4.39 Å². The summed E-state index contributed by atoms with van der Waals surface area (Å²) in [6.45, 7) is 1.95. The Balaban J connectivity index is 2.41. The van der Waals surface area contributed by atoms with E-state index in [0.29, 0.717) is 12.1 Å². The smallest absolute Gasteiger partial charge is 0.211 e. The van der Waals surface area contributed by atoms with E-state index in [-0.39, 0.29) is 17.1 Å². The minimum absolute atomic E-state index is 0.119. The highest BCUT2D eigenvalue weighted by Crippen LogP contribution is 2.20. The number of aromatic nitrogens is 1. The molecular formula is C15H14FNO2. The second kappa shape index (κ2) is 5.61. The first-order chi connectivity index (χ1) is 9.17. The topological polar surface area (TPSA) is 39.2 Å². The van der Waals surface area contributed by atoms with Crippen molar-refractivity contribution >= 4 is 5.78 Å². The van der Waals surface area contributed by atoms with Crippen LogP contribution in [0.4, 0.5) is 4.39 Å². The first-order valence-electron chi connectivity index (χ1n) is 5.99. The molecule has 0 aliphatic carbocycles. The van der Waals surface area contributed by atoms with E-state index in [4.69, 9.17) is 4.74 Å². The van der Waals surface area contributed by atoms with Gasteiger partial charge in [0.2, 0.25) is 5.78 Å². The van der Waals surface area contributed by atoms with Crippen LogP contribution in [0, 0.1) is 5.82 Å². The quantitative estimate of drug-likeness (QED) is 0.792. The maximum Gasteiger partial charge on any atom is 0.211 e. The summed E-state index contributed by atoms with van der Waals surface area (Å²) in [4.78, 5) is 16.4. The van der Waals surface area contributed by atoms with Gasteiger partial charge >= 0.3 is 0 Å². The average molecular weight is 259 g/mol. The zero-order valence-electron chi connectivity index (χ0n) is 10.8. The van der Waals surface area contributed by atoms with Gasteiger partial charge in [0, 0.05) is 11.8 Å². The second-order valence-corrected chi connectivity index (χ2v) is 4.04. The van der Waals surface area contributed by atoms with Crippen LogP contribution in [-0.2, 0) is 6.42 Å². The lowest BCUT2D eigenvalue weighted by molar-refractivity contribution is 0.103. The third-order valence-corrected chi connectivity index (χ3v) is 2.90. The number of ketones is 1. The minimum Gasteiger partial charge on any atom is -0.494 e. The molecule has 0 amide bonds. The number of nitrogens with zero attached hydrogens (tertiary/aromatic N) is 1. The summed E-state index contributed by atoms with van der Waals surface area (Å²) in [6, 6.07) is 7.79. The number of hydrogen-bond donors (Lipinski definition) is 0. The van der Waals surface area contributed by atoms with Gasteiger partial charge in [0.15, 0.2) is 11.6 Å². The van der Waals surface area contributed by atoms with Crippen molar-refractivity contribution in [1.29, 1.82) is 0 Å². The average Bonchev–Trinajstić information content (AvgIpc) is 2.46. The Hall–Kier alpha value is -2.23. The molecule has 0 saturated heterocycles. The number of halogens is 1. The number of carbonyl (C=O) groups is 1. The molecule has 0 atom stereocenters. The lowest BCUT2D eigenvalue weighted by atomic mass is 10.0. The summed E-state index contributed by atoms with van der Waals surface area (Å²) in [6.07, 6.45) is 2.26. The van der Waals surface area contributed by atoms with Gasteiger partial charge in [0.25, 0.3) is 0 Å². The van der Waals surface area contributed by atoms with Crippen molar-refractivity contribution in [1.82, 2.24) is 4.98 Å². The molecule has 2 aromatic rings. The van der Waals surface area contributed by atoms with Crippen LogP contribution in [0.15, 0.2) is 36.5 Å². The fourth-order valence-electron chi connectivity index (χ4n) is 1.87. The number of benzene rings is 1. The van der Waals surface area contributed by atoms with Crippen LogP contribution in [0.5, 0.6) is 5.75 Å². The van der Waals surface area contributed by atoms with Crippen LogP contribution >= 0.6 is 0 Å². The standard InChI is InChI=1S/C15H14FNO2/c1-3-10-5-4-8-17-14(10)15(18)11-6-7-13(19-2)12(16)9-11/h4-9H,3H2,1-2H3. The highest BCUT2D eigenvalue weighted by Gasteiger charge is 2.16. The lowest BCUT2D eigenvalue weighted by Crippen LogP contribution is -2.08. The molecule has 0 bridgehead atoms. The molecule has 2 rings (SSSR count). The largest absolute Gasteiger partial charge is 0.494 e. The van der Waals surface area contributed by atoms with E-state index >= 15 is 0 Å². The third kappa shape index (κ3) is 2.62. The normalized spacial score (nSPS) is 10.3. The molecule has 19 heavy (non-hydrogen) atoms. The summed E-state index contributed by atoms with van der Waals surface area (Å²) < 4.78 is 18.4. The van der Waals surface area contributed by atoms with Crippen molar-refractivity contribution in [3.8, 4) is 5.75 Å². The molecule has 4 heteroatoms. The van der Waals surface area contributed by atoms with Crippen LogP contribution in [0.3, 0.4) is 0 Å². The zero-order chi connectivity index (χ0) is 13.8. The van der Waals surface area contributed by atoms with E-state index in [1.54, 1.807) is 18.3 Å². The number of aryl methyl sites for hydroxylation is 1. The van der Waals surface area contributed by atoms with E-state index in [2.05, 4.69) is 4.98 Å².